The van der Waals surface area contributed by atoms with Gasteiger partial charge in [0.1, 0.15) is 0 Å². The van der Waals surface area contributed by atoms with E-state index in [-0.39, 0.29) is 20.4 Å². The molecular formula is C22H20NORe-. The zero-order chi connectivity index (χ0) is 16.5. The minimum atomic E-state index is -0.408. The Balaban J connectivity index is 0.00000182. The van der Waals surface area contributed by atoms with Crippen LogP contribution in [-0.2, 0) is 20.4 Å². The van der Waals surface area contributed by atoms with Gasteiger partial charge in [0.05, 0.1) is 6.10 Å². The monoisotopic (exact) mass is 501 g/mol. The Kier molecular flexibility index (Phi) is 5.52. The van der Waals surface area contributed by atoms with Crippen LogP contribution in [0, 0.1) is 0 Å². The van der Waals surface area contributed by atoms with E-state index in [9.17, 15) is 5.11 Å². The van der Waals surface area contributed by atoms with E-state index in [4.69, 9.17) is 5.73 Å². The summed E-state index contributed by atoms with van der Waals surface area (Å²) in [5.74, 6) is 0. The van der Waals surface area contributed by atoms with Gasteiger partial charge in [-0.05, 0) is 51.1 Å². The molecule has 2 aromatic carbocycles. The maximum Gasteiger partial charge on any atom is 0.0764 e. The summed E-state index contributed by atoms with van der Waals surface area (Å²) in [5, 5.41) is 12.4. The van der Waals surface area contributed by atoms with E-state index < -0.39 is 6.10 Å². The third-order valence-electron chi connectivity index (χ3n) is 4.78. The minimum absolute atomic E-state index is 0. The molecule has 25 heavy (non-hydrogen) atoms. The van der Waals surface area contributed by atoms with E-state index in [0.29, 0.717) is 13.0 Å². The van der Waals surface area contributed by atoms with Crippen molar-refractivity contribution in [2.45, 2.75) is 18.9 Å². The Morgan fingerprint density at radius 1 is 1.12 bits per heavy atom. The van der Waals surface area contributed by atoms with Crippen molar-refractivity contribution in [2.75, 3.05) is 6.54 Å². The Bertz CT molecular complexity index is 915. The molecule has 0 bridgehead atoms. The summed E-state index contributed by atoms with van der Waals surface area (Å²) >= 11 is 0. The van der Waals surface area contributed by atoms with Gasteiger partial charge >= 0.3 is 0 Å². The second-order valence-electron chi connectivity index (χ2n) is 6.36. The summed E-state index contributed by atoms with van der Waals surface area (Å²) in [6, 6.07) is 14.8. The molecule has 0 heterocycles. The van der Waals surface area contributed by atoms with Crippen molar-refractivity contribution in [3.05, 3.63) is 94.3 Å². The zero-order valence-electron chi connectivity index (χ0n) is 13.9. The van der Waals surface area contributed by atoms with Crippen LogP contribution in [0.3, 0.4) is 0 Å². The van der Waals surface area contributed by atoms with Gasteiger partial charge in [0.25, 0.3) is 0 Å². The number of benzene rings is 2. The molecule has 1 atom stereocenters. The number of hydrogen-bond donors (Lipinski definition) is 1. The predicted molar refractivity (Wildman–Crippen MR) is 101 cm³/mol. The summed E-state index contributed by atoms with van der Waals surface area (Å²) in [7, 11) is 0. The molecule has 127 valence electrons. The van der Waals surface area contributed by atoms with Gasteiger partial charge in [-0.1, -0.05) is 60.7 Å². The van der Waals surface area contributed by atoms with Crippen LogP contribution in [-0.4, -0.2) is 17.8 Å². The summed E-state index contributed by atoms with van der Waals surface area (Å²) in [6.07, 6.45) is 9.33. The van der Waals surface area contributed by atoms with Crippen molar-refractivity contribution in [1.82, 2.24) is 0 Å². The first-order valence-corrected chi connectivity index (χ1v) is 8.41. The van der Waals surface area contributed by atoms with E-state index >= 15 is 0 Å². The average molecular weight is 501 g/mol. The van der Waals surface area contributed by atoms with Crippen molar-refractivity contribution in [3.8, 4) is 0 Å². The van der Waals surface area contributed by atoms with Crippen molar-refractivity contribution < 1.29 is 25.5 Å². The van der Waals surface area contributed by atoms with Crippen LogP contribution in [0.1, 0.15) is 18.4 Å². The number of hydrogen-bond acceptors (Lipinski definition) is 1. The fraction of sp³-hybridized carbons (Fsp3) is 0.182. The van der Waals surface area contributed by atoms with E-state index in [1.807, 2.05) is 12.2 Å². The van der Waals surface area contributed by atoms with Crippen LogP contribution in [0.5, 0.6) is 0 Å². The van der Waals surface area contributed by atoms with Gasteiger partial charge in [0, 0.05) is 26.8 Å². The van der Waals surface area contributed by atoms with Gasteiger partial charge in [-0.2, -0.15) is 0 Å². The molecule has 2 nitrogen and oxygen atoms in total. The molecule has 0 amide bonds. The average Bonchev–Trinajstić information content (AvgIpc) is 2.92. The fourth-order valence-corrected chi connectivity index (χ4v) is 3.64. The normalized spacial score (nSPS) is 20.6. The Labute approximate surface area is 162 Å². The standard InChI is InChI=1S/C22H20NO.Re/c23-11-10-17-13-18(21-9-8-19(24)14-22(17)21)12-16-6-3-5-15-4-1-2-7-20(15)16;/h1-9,12-13,19,23-24H,10-11,14H2;/q-1;/b18-12+;. The quantitative estimate of drug-likeness (QED) is 0.617. The predicted octanol–water partition coefficient (Wildman–Crippen LogP) is 5.22. The molecule has 2 aromatic rings. The minimum Gasteiger partial charge on any atom is -0.677 e. The smallest absolute Gasteiger partial charge is 0.0764 e. The van der Waals surface area contributed by atoms with E-state index in [1.54, 1.807) is 0 Å². The first kappa shape index (κ1) is 18.0. The number of rotatable bonds is 3. The van der Waals surface area contributed by atoms with Crippen LogP contribution in [0.15, 0.2) is 83.0 Å². The summed E-state index contributed by atoms with van der Waals surface area (Å²) in [5.41, 5.74) is 13.6. The summed E-state index contributed by atoms with van der Waals surface area (Å²) < 4.78 is 0. The molecule has 1 unspecified atom stereocenters. The summed E-state index contributed by atoms with van der Waals surface area (Å²) in [4.78, 5) is 0. The second kappa shape index (κ2) is 7.64. The summed E-state index contributed by atoms with van der Waals surface area (Å²) in [6.45, 7) is 0.379. The topological polar surface area (TPSA) is 44.0 Å². The molecule has 0 aliphatic heterocycles. The van der Waals surface area contributed by atoms with Crippen LogP contribution in [0.2, 0.25) is 0 Å². The van der Waals surface area contributed by atoms with Crippen LogP contribution >= 0.6 is 0 Å². The molecular weight excluding hydrogens is 480 g/mol. The van der Waals surface area contributed by atoms with E-state index in [1.165, 1.54) is 38.6 Å². The molecule has 0 fully saturated rings. The molecule has 2 aliphatic rings. The van der Waals surface area contributed by atoms with Gasteiger partial charge < -0.3 is 10.8 Å². The molecule has 0 saturated carbocycles. The Hall–Kier alpha value is -1.76. The van der Waals surface area contributed by atoms with Crippen molar-refractivity contribution >= 4 is 16.8 Å². The van der Waals surface area contributed by atoms with Gasteiger partial charge in [0.2, 0.25) is 0 Å². The van der Waals surface area contributed by atoms with Crippen LogP contribution < -0.4 is 0 Å². The number of aliphatic hydroxyl groups excluding tert-OH is 1. The Morgan fingerprint density at radius 3 is 2.76 bits per heavy atom. The molecule has 2 N–H and O–H groups in total. The second-order valence-corrected chi connectivity index (χ2v) is 6.36. The van der Waals surface area contributed by atoms with Crippen molar-refractivity contribution in [2.24, 2.45) is 0 Å². The third kappa shape index (κ3) is 3.47. The molecule has 4 rings (SSSR count). The zero-order valence-corrected chi connectivity index (χ0v) is 16.6. The first-order chi connectivity index (χ1) is 11.8. The van der Waals surface area contributed by atoms with E-state index in [2.05, 4.69) is 54.6 Å². The van der Waals surface area contributed by atoms with Gasteiger partial charge in [-0.25, -0.2) is 0 Å². The van der Waals surface area contributed by atoms with Gasteiger partial charge in [-0.15, -0.1) is 6.54 Å². The molecule has 0 aromatic heterocycles. The van der Waals surface area contributed by atoms with Crippen molar-refractivity contribution in [3.63, 3.8) is 0 Å². The number of fused-ring (bicyclic) bond motifs is 1. The number of aliphatic hydroxyl groups is 1. The van der Waals surface area contributed by atoms with Gasteiger partial charge in [-0.3, -0.25) is 0 Å². The maximum atomic E-state index is 9.95. The SMILES string of the molecule is [NH-]CCC1=C/C(=C\c2cccc3ccccc23)C2=C1CC(O)C=C2.[Re]. The van der Waals surface area contributed by atoms with Crippen molar-refractivity contribution in [1.29, 1.82) is 0 Å². The molecule has 1 radical (unpaired) electrons. The fourth-order valence-electron chi connectivity index (χ4n) is 3.64. The maximum absolute atomic E-state index is 9.95. The number of allylic oxidation sites excluding steroid dienone is 4. The van der Waals surface area contributed by atoms with Gasteiger partial charge in [0.15, 0.2) is 0 Å². The third-order valence-corrected chi connectivity index (χ3v) is 4.78. The molecule has 3 heteroatoms. The van der Waals surface area contributed by atoms with Crippen LogP contribution in [0.4, 0.5) is 0 Å². The first-order valence-electron chi connectivity index (χ1n) is 8.41. The largest absolute Gasteiger partial charge is 0.677 e. The number of nitrogens with one attached hydrogen (secondary N) is 1. The molecule has 0 saturated heterocycles. The van der Waals surface area contributed by atoms with Crippen LogP contribution in [0.25, 0.3) is 22.6 Å². The van der Waals surface area contributed by atoms with E-state index in [0.717, 1.165) is 6.42 Å². The molecule has 2 aliphatic carbocycles. The Morgan fingerprint density at radius 2 is 1.92 bits per heavy atom. The molecule has 0 spiro atoms.